The molecule has 0 aliphatic heterocycles. The summed E-state index contributed by atoms with van der Waals surface area (Å²) in [5.74, 6) is 0.238. The molecule has 0 bridgehead atoms. The van der Waals surface area contributed by atoms with Crippen molar-refractivity contribution in [1.29, 1.82) is 0 Å². The van der Waals surface area contributed by atoms with Crippen LogP contribution in [0.4, 0.5) is 0 Å². The zero-order valence-electron chi connectivity index (χ0n) is 14.3. The number of benzene rings is 2. The minimum Gasteiger partial charge on any atom is -0.512 e. The summed E-state index contributed by atoms with van der Waals surface area (Å²) in [6.07, 6.45) is 0.972. The van der Waals surface area contributed by atoms with Gasteiger partial charge in [0.15, 0.2) is 5.78 Å². The lowest BCUT2D eigenvalue weighted by atomic mass is 9.75. The van der Waals surface area contributed by atoms with Gasteiger partial charge in [0.2, 0.25) is 0 Å². The molecule has 0 saturated heterocycles. The largest absolute Gasteiger partial charge is 0.512 e. The molecular weight excluding hydrogens is 352 g/mol. The van der Waals surface area contributed by atoms with E-state index in [0.29, 0.717) is 23.4 Å². The molecule has 130 valence electrons. The molecule has 25 heavy (non-hydrogen) atoms. The normalized spacial score (nSPS) is 18.3. The van der Waals surface area contributed by atoms with E-state index in [9.17, 15) is 9.90 Å². The van der Waals surface area contributed by atoms with Crippen LogP contribution in [0.15, 0.2) is 70.8 Å². The molecule has 2 aromatic rings. The van der Waals surface area contributed by atoms with Crippen LogP contribution in [0.5, 0.6) is 0 Å². The average Bonchev–Trinajstić information content (AvgIpc) is 2.54. The Morgan fingerprint density at radius 1 is 1.04 bits per heavy atom. The van der Waals surface area contributed by atoms with E-state index in [-0.39, 0.29) is 22.2 Å². The Balaban J connectivity index is 2.04. The van der Waals surface area contributed by atoms with Gasteiger partial charge >= 0.3 is 0 Å². The van der Waals surface area contributed by atoms with Crippen LogP contribution in [0.25, 0.3) is 0 Å². The van der Waals surface area contributed by atoms with Crippen LogP contribution in [0.2, 0.25) is 5.02 Å². The van der Waals surface area contributed by atoms with Gasteiger partial charge in [0.1, 0.15) is 5.76 Å². The highest BCUT2D eigenvalue weighted by molar-refractivity contribution is 7.99. The van der Waals surface area contributed by atoms with E-state index in [0.717, 1.165) is 10.5 Å². The first-order chi connectivity index (χ1) is 11.9. The smallest absolute Gasteiger partial charge is 0.164 e. The van der Waals surface area contributed by atoms with Gasteiger partial charge in [0, 0.05) is 22.8 Å². The van der Waals surface area contributed by atoms with Crippen molar-refractivity contribution in [1.82, 2.24) is 0 Å². The number of halogens is 1. The summed E-state index contributed by atoms with van der Waals surface area (Å²) in [4.78, 5) is 13.9. The highest BCUT2D eigenvalue weighted by Crippen LogP contribution is 2.47. The van der Waals surface area contributed by atoms with Gasteiger partial charge < -0.3 is 5.11 Å². The molecule has 3 rings (SSSR count). The molecule has 1 aliphatic rings. The molecule has 1 aliphatic carbocycles. The molecule has 0 heterocycles. The lowest BCUT2D eigenvalue weighted by molar-refractivity contribution is -0.118. The quantitative estimate of drug-likeness (QED) is 0.633. The Kier molecular flexibility index (Phi) is 5.26. The standard InChI is InChI=1S/C21H21ClO2S/c1-21(2)12-17(23)19(18(24)13-21)20(14-8-10-15(22)11-9-14)25-16-6-4-3-5-7-16/h3-11,20,23H,12-13H2,1-2H3. The van der Waals surface area contributed by atoms with Gasteiger partial charge in [-0.05, 0) is 35.2 Å². The number of thioether (sulfide) groups is 1. The van der Waals surface area contributed by atoms with E-state index in [2.05, 4.69) is 0 Å². The maximum absolute atomic E-state index is 12.8. The molecule has 0 spiro atoms. The first-order valence-electron chi connectivity index (χ1n) is 8.28. The number of aliphatic hydroxyl groups is 1. The molecule has 2 nitrogen and oxygen atoms in total. The van der Waals surface area contributed by atoms with E-state index in [1.165, 1.54) is 0 Å². The van der Waals surface area contributed by atoms with E-state index in [1.807, 2.05) is 68.4 Å². The number of rotatable bonds is 4. The molecule has 0 aromatic heterocycles. The Bertz CT molecular complexity index is 794. The van der Waals surface area contributed by atoms with Gasteiger partial charge in [-0.3, -0.25) is 4.79 Å². The molecule has 2 aromatic carbocycles. The Labute approximate surface area is 157 Å². The number of hydrogen-bond acceptors (Lipinski definition) is 3. The van der Waals surface area contributed by atoms with Crippen LogP contribution < -0.4 is 0 Å². The summed E-state index contributed by atoms with van der Waals surface area (Å²) < 4.78 is 0. The number of aliphatic hydroxyl groups excluding tert-OH is 1. The van der Waals surface area contributed by atoms with E-state index >= 15 is 0 Å². The first-order valence-corrected chi connectivity index (χ1v) is 9.54. The fourth-order valence-corrected chi connectivity index (χ4v) is 4.56. The van der Waals surface area contributed by atoms with Crippen molar-refractivity contribution in [3.05, 3.63) is 76.5 Å². The number of carbonyl (C=O) groups excluding carboxylic acids is 1. The minimum absolute atomic E-state index is 0.0251. The Morgan fingerprint density at radius 2 is 1.68 bits per heavy atom. The fraction of sp³-hybridized carbons (Fsp3) is 0.286. The number of ketones is 1. The summed E-state index contributed by atoms with van der Waals surface area (Å²) >= 11 is 7.60. The van der Waals surface area contributed by atoms with Crippen LogP contribution in [-0.2, 0) is 4.79 Å². The monoisotopic (exact) mass is 372 g/mol. The predicted molar refractivity (Wildman–Crippen MR) is 104 cm³/mol. The lowest BCUT2D eigenvalue weighted by Crippen LogP contribution is -2.27. The van der Waals surface area contributed by atoms with Crippen LogP contribution in [0, 0.1) is 5.41 Å². The van der Waals surface area contributed by atoms with Crippen molar-refractivity contribution >= 4 is 29.1 Å². The van der Waals surface area contributed by atoms with E-state index in [4.69, 9.17) is 11.6 Å². The maximum Gasteiger partial charge on any atom is 0.164 e. The van der Waals surface area contributed by atoms with Crippen molar-refractivity contribution in [3.8, 4) is 0 Å². The van der Waals surface area contributed by atoms with Crippen LogP contribution >= 0.6 is 23.4 Å². The number of hydrogen-bond donors (Lipinski definition) is 1. The van der Waals surface area contributed by atoms with Gasteiger partial charge in [-0.15, -0.1) is 11.8 Å². The lowest BCUT2D eigenvalue weighted by Gasteiger charge is -2.32. The second-order valence-electron chi connectivity index (χ2n) is 7.16. The van der Waals surface area contributed by atoms with Gasteiger partial charge in [0.25, 0.3) is 0 Å². The molecular formula is C21H21ClO2S. The van der Waals surface area contributed by atoms with Crippen molar-refractivity contribution in [2.24, 2.45) is 5.41 Å². The SMILES string of the molecule is CC1(C)CC(=O)C(C(Sc2ccccc2)c2ccc(Cl)cc2)=C(O)C1. The zero-order valence-corrected chi connectivity index (χ0v) is 15.9. The Morgan fingerprint density at radius 3 is 2.28 bits per heavy atom. The highest BCUT2D eigenvalue weighted by atomic mass is 35.5. The van der Waals surface area contributed by atoms with Gasteiger partial charge in [0.05, 0.1) is 10.8 Å². The zero-order chi connectivity index (χ0) is 18.0. The molecule has 4 heteroatoms. The van der Waals surface area contributed by atoms with E-state index in [1.54, 1.807) is 11.8 Å². The number of carbonyl (C=O) groups is 1. The summed E-state index contributed by atoms with van der Waals surface area (Å²) in [6.45, 7) is 4.03. The predicted octanol–water partition coefficient (Wildman–Crippen LogP) is 6.37. The number of Topliss-reactive ketones (excluding diaryl/α,β-unsaturated/α-hetero) is 1. The molecule has 0 saturated carbocycles. The van der Waals surface area contributed by atoms with Gasteiger partial charge in [-0.2, -0.15) is 0 Å². The van der Waals surface area contributed by atoms with Crippen molar-refractivity contribution in [2.75, 3.05) is 0 Å². The topological polar surface area (TPSA) is 37.3 Å². The van der Waals surface area contributed by atoms with Gasteiger partial charge in [-0.1, -0.05) is 55.8 Å². The summed E-state index contributed by atoms with van der Waals surface area (Å²) in [5.41, 5.74) is 1.29. The average molecular weight is 373 g/mol. The second kappa shape index (κ2) is 7.27. The van der Waals surface area contributed by atoms with Crippen molar-refractivity contribution in [2.45, 2.75) is 36.8 Å². The second-order valence-corrected chi connectivity index (χ2v) is 8.78. The van der Waals surface area contributed by atoms with Gasteiger partial charge in [-0.25, -0.2) is 0 Å². The Hall–Kier alpha value is -1.71. The summed E-state index contributed by atoms with van der Waals surface area (Å²) in [7, 11) is 0. The molecule has 0 fully saturated rings. The third-order valence-corrected chi connectivity index (χ3v) is 5.87. The van der Waals surface area contributed by atoms with Crippen LogP contribution in [-0.4, -0.2) is 10.9 Å². The van der Waals surface area contributed by atoms with Crippen LogP contribution in [0.3, 0.4) is 0 Å². The van der Waals surface area contributed by atoms with E-state index < -0.39 is 0 Å². The van der Waals surface area contributed by atoms with Crippen molar-refractivity contribution < 1.29 is 9.90 Å². The summed E-state index contributed by atoms with van der Waals surface area (Å²) in [6, 6.07) is 17.4. The minimum atomic E-state index is -0.247. The molecule has 1 N–H and O–H groups in total. The third-order valence-electron chi connectivity index (χ3n) is 4.33. The fourth-order valence-electron chi connectivity index (χ4n) is 3.17. The maximum atomic E-state index is 12.8. The van der Waals surface area contributed by atoms with Crippen molar-refractivity contribution in [3.63, 3.8) is 0 Å². The third kappa shape index (κ3) is 4.28. The molecule has 1 unspecified atom stereocenters. The highest BCUT2D eigenvalue weighted by Gasteiger charge is 2.37. The molecule has 1 atom stereocenters. The number of allylic oxidation sites excluding steroid dienone is 1. The summed E-state index contributed by atoms with van der Waals surface area (Å²) in [5, 5.41) is 11.1. The first kappa shape index (κ1) is 18.1. The molecule has 0 radical (unpaired) electrons. The van der Waals surface area contributed by atoms with Crippen LogP contribution in [0.1, 0.15) is 37.5 Å². The molecule has 0 amide bonds.